The Morgan fingerprint density at radius 2 is 1.58 bits per heavy atom. The minimum absolute atomic E-state index is 0.311. The van der Waals surface area contributed by atoms with Crippen molar-refractivity contribution in [2.24, 2.45) is 11.5 Å². The van der Waals surface area contributed by atoms with Gasteiger partial charge in [-0.15, -0.1) is 0 Å². The SMILES string of the molecule is NC(=O)CN(CC(N)=O)C(=O)c1ccc(Br)cc1Br. The van der Waals surface area contributed by atoms with Crippen molar-refractivity contribution in [3.63, 3.8) is 0 Å². The number of nitrogens with two attached hydrogens (primary N) is 2. The van der Waals surface area contributed by atoms with Crippen LogP contribution < -0.4 is 11.5 Å². The molecule has 0 atom stereocenters. The van der Waals surface area contributed by atoms with Crippen LogP contribution in [0.5, 0.6) is 0 Å². The van der Waals surface area contributed by atoms with Crippen LogP contribution in [-0.4, -0.2) is 35.7 Å². The Hall–Kier alpha value is -1.41. The van der Waals surface area contributed by atoms with E-state index in [4.69, 9.17) is 11.5 Å². The first kappa shape index (κ1) is 15.6. The Labute approximate surface area is 126 Å². The number of nitrogens with zero attached hydrogens (tertiary/aromatic N) is 1. The highest BCUT2D eigenvalue weighted by Crippen LogP contribution is 2.23. The second kappa shape index (κ2) is 6.67. The van der Waals surface area contributed by atoms with Gasteiger partial charge in [0.15, 0.2) is 0 Å². The maximum atomic E-state index is 12.2. The van der Waals surface area contributed by atoms with Crippen LogP contribution in [0.25, 0.3) is 0 Å². The molecule has 0 saturated carbocycles. The molecule has 6 nitrogen and oxygen atoms in total. The van der Waals surface area contributed by atoms with Crippen molar-refractivity contribution in [3.8, 4) is 0 Å². The molecule has 0 fully saturated rings. The van der Waals surface area contributed by atoms with Gasteiger partial charge in [-0.05, 0) is 34.1 Å². The van der Waals surface area contributed by atoms with E-state index in [1.165, 1.54) is 0 Å². The molecule has 4 N–H and O–H groups in total. The van der Waals surface area contributed by atoms with E-state index in [1.807, 2.05) is 0 Å². The number of halogens is 2. The fourth-order valence-corrected chi connectivity index (χ4v) is 2.63. The third-order valence-electron chi connectivity index (χ3n) is 2.14. The molecule has 102 valence electrons. The molecule has 0 aliphatic carbocycles. The molecule has 0 aliphatic heterocycles. The predicted octanol–water partition coefficient (Wildman–Crippen LogP) is 0.624. The highest BCUT2D eigenvalue weighted by atomic mass is 79.9. The van der Waals surface area contributed by atoms with Crippen LogP contribution in [0.2, 0.25) is 0 Å². The third kappa shape index (κ3) is 4.64. The second-order valence-corrected chi connectivity index (χ2v) is 5.49. The number of carbonyl (C=O) groups excluding carboxylic acids is 3. The molecule has 1 aromatic carbocycles. The van der Waals surface area contributed by atoms with Crippen LogP contribution in [-0.2, 0) is 9.59 Å². The van der Waals surface area contributed by atoms with E-state index in [-0.39, 0.29) is 13.1 Å². The van der Waals surface area contributed by atoms with E-state index in [0.717, 1.165) is 9.37 Å². The molecule has 1 rings (SSSR count). The molecule has 0 radical (unpaired) electrons. The Morgan fingerprint density at radius 3 is 2.00 bits per heavy atom. The van der Waals surface area contributed by atoms with Gasteiger partial charge in [-0.1, -0.05) is 15.9 Å². The largest absolute Gasteiger partial charge is 0.368 e. The molecule has 0 heterocycles. The lowest BCUT2D eigenvalue weighted by atomic mass is 10.2. The smallest absolute Gasteiger partial charge is 0.255 e. The van der Waals surface area contributed by atoms with Crippen molar-refractivity contribution < 1.29 is 14.4 Å². The summed E-state index contributed by atoms with van der Waals surface area (Å²) in [5.41, 5.74) is 10.4. The van der Waals surface area contributed by atoms with E-state index in [1.54, 1.807) is 18.2 Å². The molecule has 1 aromatic rings. The zero-order chi connectivity index (χ0) is 14.6. The molecular formula is C11H11Br2N3O3. The zero-order valence-electron chi connectivity index (χ0n) is 9.73. The highest BCUT2D eigenvalue weighted by molar-refractivity contribution is 9.11. The third-order valence-corrected chi connectivity index (χ3v) is 3.29. The summed E-state index contributed by atoms with van der Waals surface area (Å²) in [7, 11) is 0. The highest BCUT2D eigenvalue weighted by Gasteiger charge is 2.21. The zero-order valence-corrected chi connectivity index (χ0v) is 12.9. The summed E-state index contributed by atoms with van der Waals surface area (Å²) in [6.07, 6.45) is 0. The summed E-state index contributed by atoms with van der Waals surface area (Å²) in [5.74, 6) is -1.94. The Balaban J connectivity index is 3.04. The molecule has 0 unspecified atom stereocenters. The fraction of sp³-hybridized carbons (Fsp3) is 0.182. The van der Waals surface area contributed by atoms with Gasteiger partial charge >= 0.3 is 0 Å². The quantitative estimate of drug-likeness (QED) is 0.766. The normalized spacial score (nSPS) is 10.0. The van der Waals surface area contributed by atoms with Gasteiger partial charge in [-0.25, -0.2) is 0 Å². The van der Waals surface area contributed by atoms with E-state index < -0.39 is 17.7 Å². The van der Waals surface area contributed by atoms with Crippen LogP contribution in [0.1, 0.15) is 10.4 Å². The number of rotatable bonds is 5. The van der Waals surface area contributed by atoms with Crippen LogP contribution in [0.3, 0.4) is 0 Å². The van der Waals surface area contributed by atoms with Gasteiger partial charge in [0, 0.05) is 8.95 Å². The maximum Gasteiger partial charge on any atom is 0.255 e. The van der Waals surface area contributed by atoms with E-state index in [2.05, 4.69) is 31.9 Å². The molecule has 8 heteroatoms. The summed E-state index contributed by atoms with van der Waals surface area (Å²) in [5, 5.41) is 0. The van der Waals surface area contributed by atoms with Crippen molar-refractivity contribution in [1.29, 1.82) is 0 Å². The summed E-state index contributed by atoms with van der Waals surface area (Å²) < 4.78 is 1.32. The van der Waals surface area contributed by atoms with Gasteiger partial charge in [-0.3, -0.25) is 14.4 Å². The first-order valence-electron chi connectivity index (χ1n) is 5.12. The standard InChI is InChI=1S/C11H11Br2N3O3/c12-6-1-2-7(8(13)3-6)11(19)16(4-9(14)17)5-10(15)18/h1-3H,4-5H2,(H2,14,17)(H2,15,18). The van der Waals surface area contributed by atoms with Crippen LogP contribution in [0.15, 0.2) is 27.1 Å². The van der Waals surface area contributed by atoms with Crippen molar-refractivity contribution in [2.75, 3.05) is 13.1 Å². The van der Waals surface area contributed by atoms with Crippen LogP contribution in [0, 0.1) is 0 Å². The average Bonchev–Trinajstić information content (AvgIpc) is 2.26. The van der Waals surface area contributed by atoms with E-state index in [9.17, 15) is 14.4 Å². The van der Waals surface area contributed by atoms with Gasteiger partial charge in [0.25, 0.3) is 5.91 Å². The van der Waals surface area contributed by atoms with Gasteiger partial charge < -0.3 is 16.4 Å². The summed E-state index contributed by atoms with van der Waals surface area (Å²) >= 11 is 6.50. The molecule has 0 bridgehead atoms. The van der Waals surface area contributed by atoms with Gasteiger partial charge in [0.1, 0.15) is 13.1 Å². The number of benzene rings is 1. The Morgan fingerprint density at radius 1 is 1.05 bits per heavy atom. The fourth-order valence-electron chi connectivity index (χ4n) is 1.41. The number of amides is 3. The number of carbonyl (C=O) groups is 3. The molecule has 0 aliphatic rings. The Kier molecular flexibility index (Phi) is 5.49. The van der Waals surface area contributed by atoms with E-state index >= 15 is 0 Å². The molecule has 3 amide bonds. The average molecular weight is 393 g/mol. The van der Waals surface area contributed by atoms with Crippen LogP contribution >= 0.6 is 31.9 Å². The van der Waals surface area contributed by atoms with Crippen molar-refractivity contribution >= 4 is 49.6 Å². The summed E-state index contributed by atoms with van der Waals surface area (Å²) in [6, 6.07) is 4.91. The first-order valence-corrected chi connectivity index (χ1v) is 6.70. The topological polar surface area (TPSA) is 106 Å². The lowest BCUT2D eigenvalue weighted by Gasteiger charge is -2.20. The summed E-state index contributed by atoms with van der Waals surface area (Å²) in [4.78, 5) is 35.1. The minimum Gasteiger partial charge on any atom is -0.368 e. The van der Waals surface area contributed by atoms with Crippen molar-refractivity contribution in [2.45, 2.75) is 0 Å². The van der Waals surface area contributed by atoms with Gasteiger partial charge in [-0.2, -0.15) is 0 Å². The lowest BCUT2D eigenvalue weighted by molar-refractivity contribution is -0.121. The Bertz CT molecular complexity index is 518. The number of hydrogen-bond donors (Lipinski definition) is 2. The number of primary amides is 2. The monoisotopic (exact) mass is 391 g/mol. The molecule has 0 spiro atoms. The summed E-state index contributed by atoms with van der Waals surface area (Å²) in [6.45, 7) is -0.742. The number of hydrogen-bond acceptors (Lipinski definition) is 3. The predicted molar refractivity (Wildman–Crippen MR) is 76.1 cm³/mol. The van der Waals surface area contributed by atoms with Crippen molar-refractivity contribution in [1.82, 2.24) is 4.90 Å². The minimum atomic E-state index is -0.720. The molecule has 0 aromatic heterocycles. The molecular weight excluding hydrogens is 382 g/mol. The van der Waals surface area contributed by atoms with Gasteiger partial charge in [0.2, 0.25) is 11.8 Å². The van der Waals surface area contributed by atoms with Crippen molar-refractivity contribution in [3.05, 3.63) is 32.7 Å². The van der Waals surface area contributed by atoms with E-state index in [0.29, 0.717) is 10.0 Å². The maximum absolute atomic E-state index is 12.2. The van der Waals surface area contributed by atoms with Crippen LogP contribution in [0.4, 0.5) is 0 Å². The first-order chi connectivity index (χ1) is 8.81. The lowest BCUT2D eigenvalue weighted by Crippen LogP contribution is -2.43. The van der Waals surface area contributed by atoms with Gasteiger partial charge in [0.05, 0.1) is 5.56 Å². The molecule has 0 saturated heterocycles. The second-order valence-electron chi connectivity index (χ2n) is 3.72. The molecule has 19 heavy (non-hydrogen) atoms.